The third-order valence-electron chi connectivity index (χ3n) is 4.27. The molecule has 4 rings (SSSR count). The molecule has 0 saturated heterocycles. The van der Waals surface area contributed by atoms with Crippen LogP contribution in [0.5, 0.6) is 0 Å². The Labute approximate surface area is 123 Å². The van der Waals surface area contributed by atoms with Crippen molar-refractivity contribution in [3.8, 4) is 0 Å². The number of rotatable bonds is 0. The molecule has 0 radical (unpaired) electrons. The van der Waals surface area contributed by atoms with Crippen molar-refractivity contribution in [1.29, 1.82) is 0 Å². The van der Waals surface area contributed by atoms with E-state index in [0.717, 1.165) is 17.0 Å². The molecule has 0 aliphatic carbocycles. The van der Waals surface area contributed by atoms with Crippen molar-refractivity contribution in [2.75, 3.05) is 11.9 Å². The van der Waals surface area contributed by atoms with Gasteiger partial charge in [-0.05, 0) is 37.6 Å². The maximum absolute atomic E-state index is 4.80. The molecule has 0 amide bonds. The van der Waals surface area contributed by atoms with Crippen LogP contribution in [-0.4, -0.2) is 22.0 Å². The fraction of sp³-hybridized carbons (Fsp3) is 0.235. The molecular weight excluding hydrogens is 260 g/mol. The minimum absolute atomic E-state index is 0.183. The fourth-order valence-electron chi connectivity index (χ4n) is 3.07. The monoisotopic (exact) mass is 276 g/mol. The van der Waals surface area contributed by atoms with Gasteiger partial charge >= 0.3 is 0 Å². The van der Waals surface area contributed by atoms with Crippen LogP contribution in [0.25, 0.3) is 11.2 Å². The number of hydrogen-bond donors (Lipinski definition) is 0. The predicted octanol–water partition coefficient (Wildman–Crippen LogP) is 3.43. The summed E-state index contributed by atoms with van der Waals surface area (Å²) in [4.78, 5) is 16.1. The minimum atomic E-state index is -0.183. The lowest BCUT2D eigenvalue weighted by Gasteiger charge is -2.38. The van der Waals surface area contributed by atoms with E-state index in [9.17, 15) is 0 Å². The zero-order valence-electron chi connectivity index (χ0n) is 12.3. The molecule has 3 heterocycles. The summed E-state index contributed by atoms with van der Waals surface area (Å²) >= 11 is 0. The normalized spacial score (nSPS) is 15.7. The van der Waals surface area contributed by atoms with Gasteiger partial charge in [0.1, 0.15) is 5.52 Å². The van der Waals surface area contributed by atoms with Crippen LogP contribution in [0.3, 0.4) is 0 Å². The first-order valence-electron chi connectivity index (χ1n) is 7.05. The molecular formula is C17H16N4. The molecule has 3 aromatic rings. The highest BCUT2D eigenvalue weighted by molar-refractivity contribution is 5.79. The van der Waals surface area contributed by atoms with Gasteiger partial charge in [-0.3, -0.25) is 0 Å². The molecule has 4 nitrogen and oxygen atoms in total. The number of nitrogens with zero attached hydrogens (tertiary/aromatic N) is 4. The number of para-hydroxylation sites is 1. The van der Waals surface area contributed by atoms with E-state index in [1.165, 1.54) is 11.3 Å². The Morgan fingerprint density at radius 2 is 1.81 bits per heavy atom. The van der Waals surface area contributed by atoms with Crippen molar-refractivity contribution in [1.82, 2.24) is 15.0 Å². The Morgan fingerprint density at radius 3 is 2.67 bits per heavy atom. The molecule has 4 heteroatoms. The molecule has 0 saturated carbocycles. The molecule has 2 aromatic heterocycles. The Balaban J connectivity index is 2.08. The van der Waals surface area contributed by atoms with Crippen molar-refractivity contribution in [3.05, 3.63) is 53.9 Å². The molecule has 0 spiro atoms. The van der Waals surface area contributed by atoms with Crippen LogP contribution < -0.4 is 4.90 Å². The molecule has 0 fully saturated rings. The molecule has 0 bridgehead atoms. The molecule has 104 valence electrons. The van der Waals surface area contributed by atoms with Gasteiger partial charge < -0.3 is 4.90 Å². The zero-order chi connectivity index (χ0) is 14.6. The summed E-state index contributed by atoms with van der Waals surface area (Å²) in [5, 5.41) is 0. The third kappa shape index (κ3) is 1.59. The maximum atomic E-state index is 4.80. The maximum Gasteiger partial charge on any atom is 0.178 e. The number of fused-ring (bicyclic) bond motifs is 3. The molecule has 0 unspecified atom stereocenters. The summed E-state index contributed by atoms with van der Waals surface area (Å²) < 4.78 is 0. The van der Waals surface area contributed by atoms with Crippen molar-refractivity contribution in [2.45, 2.75) is 19.3 Å². The first-order valence-corrected chi connectivity index (χ1v) is 7.05. The Kier molecular flexibility index (Phi) is 2.34. The van der Waals surface area contributed by atoms with Gasteiger partial charge in [-0.2, -0.15) is 0 Å². The summed E-state index contributed by atoms with van der Waals surface area (Å²) in [6.45, 7) is 4.39. The first-order chi connectivity index (χ1) is 10.1. The lowest BCUT2D eigenvalue weighted by molar-refractivity contribution is 0.604. The van der Waals surface area contributed by atoms with Crippen LogP contribution in [-0.2, 0) is 5.41 Å². The number of pyridine rings is 1. The van der Waals surface area contributed by atoms with Crippen molar-refractivity contribution in [3.63, 3.8) is 0 Å². The van der Waals surface area contributed by atoms with Gasteiger partial charge in [0.2, 0.25) is 0 Å². The summed E-state index contributed by atoms with van der Waals surface area (Å²) in [6.07, 6.45) is 1.76. The Bertz CT molecular complexity index is 854. The summed E-state index contributed by atoms with van der Waals surface area (Å²) in [7, 11) is 2.05. The summed E-state index contributed by atoms with van der Waals surface area (Å²) in [5.74, 6) is 0.916. The van der Waals surface area contributed by atoms with E-state index in [2.05, 4.69) is 48.0 Å². The number of aromatic nitrogens is 3. The van der Waals surface area contributed by atoms with Crippen LogP contribution in [0.1, 0.15) is 25.1 Å². The molecule has 0 N–H and O–H groups in total. The predicted molar refractivity (Wildman–Crippen MR) is 84.0 cm³/mol. The Morgan fingerprint density at radius 1 is 1.00 bits per heavy atom. The van der Waals surface area contributed by atoms with Crippen LogP contribution in [0.2, 0.25) is 0 Å². The van der Waals surface area contributed by atoms with Crippen LogP contribution >= 0.6 is 0 Å². The lowest BCUT2D eigenvalue weighted by atomic mass is 9.77. The van der Waals surface area contributed by atoms with Gasteiger partial charge in [0.05, 0.1) is 5.69 Å². The van der Waals surface area contributed by atoms with E-state index in [0.29, 0.717) is 5.65 Å². The average molecular weight is 276 g/mol. The van der Waals surface area contributed by atoms with E-state index in [1.54, 1.807) is 6.20 Å². The van der Waals surface area contributed by atoms with Crippen molar-refractivity contribution in [2.24, 2.45) is 0 Å². The minimum Gasteiger partial charge on any atom is -0.328 e. The van der Waals surface area contributed by atoms with Crippen LogP contribution in [0, 0.1) is 0 Å². The van der Waals surface area contributed by atoms with E-state index in [-0.39, 0.29) is 5.41 Å². The molecule has 1 aliphatic rings. The molecule has 1 aliphatic heterocycles. The Hall–Kier alpha value is -2.49. The second-order valence-corrected chi connectivity index (χ2v) is 5.94. The molecule has 21 heavy (non-hydrogen) atoms. The van der Waals surface area contributed by atoms with Gasteiger partial charge in [-0.15, -0.1) is 0 Å². The van der Waals surface area contributed by atoms with E-state index < -0.39 is 0 Å². The van der Waals surface area contributed by atoms with Gasteiger partial charge in [0.15, 0.2) is 11.5 Å². The second kappa shape index (κ2) is 4.01. The van der Waals surface area contributed by atoms with E-state index >= 15 is 0 Å². The second-order valence-electron chi connectivity index (χ2n) is 5.94. The third-order valence-corrected chi connectivity index (χ3v) is 4.27. The van der Waals surface area contributed by atoms with Crippen molar-refractivity contribution < 1.29 is 0 Å². The zero-order valence-corrected chi connectivity index (χ0v) is 12.3. The van der Waals surface area contributed by atoms with Crippen LogP contribution in [0.15, 0.2) is 42.6 Å². The lowest BCUT2D eigenvalue weighted by Crippen LogP contribution is -2.32. The van der Waals surface area contributed by atoms with Gasteiger partial charge in [-0.1, -0.05) is 18.2 Å². The highest BCUT2D eigenvalue weighted by Gasteiger charge is 2.37. The van der Waals surface area contributed by atoms with Crippen molar-refractivity contribution >= 4 is 22.7 Å². The quantitative estimate of drug-likeness (QED) is 0.631. The number of hydrogen-bond acceptors (Lipinski definition) is 4. The first kappa shape index (κ1) is 12.3. The summed E-state index contributed by atoms with van der Waals surface area (Å²) in [5.41, 5.74) is 4.79. The van der Waals surface area contributed by atoms with E-state index in [4.69, 9.17) is 9.97 Å². The standard InChI is InChI=1S/C17H16N4/c1-17(2)11-7-4-5-9-13(11)21(3)16-14(17)20-15-12(19-16)8-6-10-18-15/h4-10H,1-3H3. The average Bonchev–Trinajstić information content (AvgIpc) is 2.52. The molecule has 0 atom stereocenters. The van der Waals surface area contributed by atoms with Crippen LogP contribution in [0.4, 0.5) is 11.5 Å². The SMILES string of the molecule is CN1c2ccccc2C(C)(C)c2nc3ncccc3nc21. The highest BCUT2D eigenvalue weighted by Crippen LogP contribution is 2.46. The number of benzene rings is 1. The fourth-order valence-corrected chi connectivity index (χ4v) is 3.07. The number of anilines is 2. The van der Waals surface area contributed by atoms with Gasteiger partial charge in [-0.25, -0.2) is 15.0 Å². The van der Waals surface area contributed by atoms with Gasteiger partial charge in [0.25, 0.3) is 0 Å². The largest absolute Gasteiger partial charge is 0.328 e. The highest BCUT2D eigenvalue weighted by atomic mass is 15.2. The topological polar surface area (TPSA) is 41.9 Å². The van der Waals surface area contributed by atoms with Gasteiger partial charge in [0, 0.05) is 24.3 Å². The molecule has 1 aromatic carbocycles. The summed E-state index contributed by atoms with van der Waals surface area (Å²) in [6, 6.07) is 12.3. The van der Waals surface area contributed by atoms with E-state index in [1.807, 2.05) is 19.2 Å². The smallest absolute Gasteiger partial charge is 0.178 e.